The second-order valence-electron chi connectivity index (χ2n) is 4.76. The molecule has 0 rings (SSSR count). The summed E-state index contributed by atoms with van der Waals surface area (Å²) in [5, 5.41) is 17.4. The minimum atomic E-state index is -0.891. The molecule has 0 fully saturated rings. The number of hydrogen-bond acceptors (Lipinski definition) is 5. The number of carbonyl (C=O) groups excluding carboxylic acids is 1. The van der Waals surface area contributed by atoms with Crippen LogP contribution in [0.5, 0.6) is 0 Å². The van der Waals surface area contributed by atoms with Crippen LogP contribution in [0, 0.1) is 0 Å². The van der Waals surface area contributed by atoms with Gasteiger partial charge in [-0.25, -0.2) is 4.79 Å². The van der Waals surface area contributed by atoms with E-state index >= 15 is 0 Å². The van der Waals surface area contributed by atoms with Gasteiger partial charge in [-0.2, -0.15) is 0 Å². The van der Waals surface area contributed by atoms with Crippen molar-refractivity contribution in [1.29, 1.82) is 0 Å². The number of hydrogen-bond donors (Lipinski definition) is 2. The lowest BCUT2D eigenvalue weighted by molar-refractivity contribution is -0.0190. The number of unbranched alkanes of at least 4 members (excludes halogenated alkanes) is 7. The molecule has 0 amide bonds. The van der Waals surface area contributed by atoms with E-state index in [9.17, 15) is 4.79 Å². The fraction of sp³-hybridized carbons (Fsp3) is 0.800. The number of ether oxygens (including phenoxy) is 2. The van der Waals surface area contributed by atoms with Crippen molar-refractivity contribution in [3.63, 3.8) is 0 Å². The first-order chi connectivity index (χ1) is 9.74. The largest absolute Gasteiger partial charge is 0.508 e. The summed E-state index contributed by atoms with van der Waals surface area (Å²) in [7, 11) is 0. The second-order valence-corrected chi connectivity index (χ2v) is 4.76. The molecule has 0 spiro atoms. The summed E-state index contributed by atoms with van der Waals surface area (Å²) in [6.45, 7) is 3.20. The van der Waals surface area contributed by atoms with E-state index in [2.05, 4.69) is 11.3 Å². The Labute approximate surface area is 121 Å². The number of carbonyl (C=O) groups is 1. The van der Waals surface area contributed by atoms with Crippen LogP contribution in [0.25, 0.3) is 0 Å². The Bertz CT molecular complexity index is 238. The molecule has 0 aliphatic carbocycles. The number of aliphatic hydroxyl groups is 2. The third kappa shape index (κ3) is 12.0. The molecule has 20 heavy (non-hydrogen) atoms. The Hall–Kier alpha value is -1.07. The quantitative estimate of drug-likeness (QED) is 0.309. The molecule has 0 atom stereocenters. The van der Waals surface area contributed by atoms with E-state index in [1.54, 1.807) is 0 Å². The van der Waals surface area contributed by atoms with Crippen LogP contribution in [0.1, 0.15) is 51.4 Å². The van der Waals surface area contributed by atoms with Gasteiger partial charge in [0.15, 0.2) is 6.10 Å². The summed E-state index contributed by atoms with van der Waals surface area (Å²) in [5.41, 5.74) is 0. The summed E-state index contributed by atoms with van der Waals surface area (Å²) in [6.07, 6.45) is 9.22. The van der Waals surface area contributed by atoms with Gasteiger partial charge in [-0.3, -0.25) is 0 Å². The van der Waals surface area contributed by atoms with Crippen LogP contribution >= 0.6 is 0 Å². The van der Waals surface area contributed by atoms with E-state index in [-0.39, 0.29) is 0 Å². The highest BCUT2D eigenvalue weighted by atomic mass is 16.7. The maximum atomic E-state index is 11.1. The van der Waals surface area contributed by atoms with Crippen molar-refractivity contribution >= 4 is 6.16 Å². The SMILES string of the molecule is C=CCCCCCCCCCOC(=O)OC(CO)CO. The highest BCUT2D eigenvalue weighted by Crippen LogP contribution is 2.09. The van der Waals surface area contributed by atoms with Gasteiger partial charge in [-0.15, -0.1) is 6.58 Å². The van der Waals surface area contributed by atoms with E-state index in [4.69, 9.17) is 14.9 Å². The van der Waals surface area contributed by atoms with Gasteiger partial charge in [0.05, 0.1) is 19.8 Å². The molecular weight excluding hydrogens is 260 g/mol. The van der Waals surface area contributed by atoms with Gasteiger partial charge in [0, 0.05) is 0 Å². The lowest BCUT2D eigenvalue weighted by Crippen LogP contribution is -2.26. The predicted molar refractivity (Wildman–Crippen MR) is 77.5 cm³/mol. The molecule has 118 valence electrons. The molecule has 0 aromatic rings. The Kier molecular flexibility index (Phi) is 13.6. The molecule has 5 heteroatoms. The second kappa shape index (κ2) is 14.3. The molecule has 5 nitrogen and oxygen atoms in total. The fourth-order valence-corrected chi connectivity index (χ4v) is 1.73. The van der Waals surface area contributed by atoms with Gasteiger partial charge in [0.1, 0.15) is 0 Å². The summed E-state index contributed by atoms with van der Waals surface area (Å²) >= 11 is 0. The van der Waals surface area contributed by atoms with Gasteiger partial charge in [-0.1, -0.05) is 38.2 Å². The van der Waals surface area contributed by atoms with Crippen molar-refractivity contribution in [3.8, 4) is 0 Å². The molecule has 0 saturated carbocycles. The van der Waals surface area contributed by atoms with Gasteiger partial charge >= 0.3 is 6.16 Å². The van der Waals surface area contributed by atoms with Gasteiger partial charge < -0.3 is 19.7 Å². The summed E-state index contributed by atoms with van der Waals surface area (Å²) in [5.74, 6) is 0. The predicted octanol–water partition coefficient (Wildman–Crippen LogP) is 2.80. The first-order valence-corrected chi connectivity index (χ1v) is 7.40. The van der Waals surface area contributed by atoms with Crippen molar-refractivity contribution in [2.24, 2.45) is 0 Å². The minimum absolute atomic E-state index is 0.318. The van der Waals surface area contributed by atoms with Gasteiger partial charge in [0.25, 0.3) is 0 Å². The maximum absolute atomic E-state index is 11.1. The summed E-state index contributed by atoms with van der Waals surface area (Å²) in [4.78, 5) is 11.1. The minimum Gasteiger partial charge on any atom is -0.434 e. The van der Waals surface area contributed by atoms with Crippen LogP contribution in [0.15, 0.2) is 12.7 Å². The number of allylic oxidation sites excluding steroid dienone is 1. The van der Waals surface area contributed by atoms with E-state index in [0.29, 0.717) is 6.61 Å². The van der Waals surface area contributed by atoms with E-state index in [0.717, 1.165) is 25.7 Å². The maximum Gasteiger partial charge on any atom is 0.508 e. The van der Waals surface area contributed by atoms with Crippen molar-refractivity contribution < 1.29 is 24.5 Å². The molecule has 0 bridgehead atoms. The highest BCUT2D eigenvalue weighted by molar-refractivity contribution is 5.60. The third-order valence-electron chi connectivity index (χ3n) is 2.94. The molecule has 0 aliphatic heterocycles. The Balaban J connectivity index is 3.27. The molecule has 0 heterocycles. The van der Waals surface area contributed by atoms with Crippen molar-refractivity contribution in [3.05, 3.63) is 12.7 Å². The fourth-order valence-electron chi connectivity index (χ4n) is 1.73. The van der Waals surface area contributed by atoms with Crippen LogP contribution < -0.4 is 0 Å². The Morgan fingerprint density at radius 1 is 1.00 bits per heavy atom. The van der Waals surface area contributed by atoms with Gasteiger partial charge in [0.2, 0.25) is 0 Å². The third-order valence-corrected chi connectivity index (χ3v) is 2.94. The zero-order chi connectivity index (χ0) is 15.1. The zero-order valence-electron chi connectivity index (χ0n) is 12.3. The van der Waals surface area contributed by atoms with E-state index in [1.165, 1.54) is 25.7 Å². The molecule has 0 unspecified atom stereocenters. The standard InChI is InChI=1S/C15H28O5/c1-2-3-4-5-6-7-8-9-10-11-19-15(18)20-14(12-16)13-17/h2,14,16-17H,1,3-13H2. The summed E-state index contributed by atoms with van der Waals surface area (Å²) < 4.78 is 9.50. The number of rotatable bonds is 13. The number of aliphatic hydroxyl groups excluding tert-OH is 2. The van der Waals surface area contributed by atoms with Crippen molar-refractivity contribution in [2.75, 3.05) is 19.8 Å². The Morgan fingerprint density at radius 2 is 1.55 bits per heavy atom. The molecule has 2 N–H and O–H groups in total. The summed E-state index contributed by atoms with van der Waals surface area (Å²) in [6, 6.07) is 0. The molecule has 0 aromatic heterocycles. The lowest BCUT2D eigenvalue weighted by atomic mass is 10.1. The van der Waals surface area contributed by atoms with Crippen LogP contribution in [0.3, 0.4) is 0 Å². The topological polar surface area (TPSA) is 76.0 Å². The zero-order valence-corrected chi connectivity index (χ0v) is 12.3. The smallest absolute Gasteiger partial charge is 0.434 e. The average Bonchev–Trinajstić information content (AvgIpc) is 2.46. The van der Waals surface area contributed by atoms with Gasteiger partial charge in [-0.05, 0) is 19.3 Å². The molecule has 0 aromatic carbocycles. The lowest BCUT2D eigenvalue weighted by Gasteiger charge is -2.12. The van der Waals surface area contributed by atoms with E-state index < -0.39 is 25.5 Å². The van der Waals surface area contributed by atoms with Crippen LogP contribution in [0.4, 0.5) is 4.79 Å². The molecule has 0 saturated heterocycles. The molecule has 0 aliphatic rings. The monoisotopic (exact) mass is 288 g/mol. The van der Waals surface area contributed by atoms with Crippen molar-refractivity contribution in [1.82, 2.24) is 0 Å². The normalized spacial score (nSPS) is 10.6. The van der Waals surface area contributed by atoms with Crippen LogP contribution in [-0.4, -0.2) is 42.3 Å². The highest BCUT2D eigenvalue weighted by Gasteiger charge is 2.12. The first-order valence-electron chi connectivity index (χ1n) is 7.40. The first kappa shape index (κ1) is 18.9. The van der Waals surface area contributed by atoms with Crippen LogP contribution in [0.2, 0.25) is 0 Å². The van der Waals surface area contributed by atoms with E-state index in [1.807, 2.05) is 6.08 Å². The van der Waals surface area contributed by atoms with Crippen molar-refractivity contribution in [2.45, 2.75) is 57.5 Å². The molecule has 0 radical (unpaired) electrons. The molecular formula is C15H28O5. The Morgan fingerprint density at radius 3 is 2.10 bits per heavy atom. The van der Waals surface area contributed by atoms with Crippen LogP contribution in [-0.2, 0) is 9.47 Å². The average molecular weight is 288 g/mol.